The van der Waals surface area contributed by atoms with Gasteiger partial charge in [0.05, 0.1) is 5.54 Å². The Morgan fingerprint density at radius 3 is 2.50 bits per heavy atom. The first-order chi connectivity index (χ1) is 8.41. The van der Waals surface area contributed by atoms with Gasteiger partial charge in [0.1, 0.15) is 6.54 Å². The molecule has 2 N–H and O–H groups in total. The summed E-state index contributed by atoms with van der Waals surface area (Å²) in [5.41, 5.74) is -0.537. The summed E-state index contributed by atoms with van der Waals surface area (Å²) in [6, 6.07) is 0. The van der Waals surface area contributed by atoms with E-state index in [9.17, 15) is 9.59 Å². The third-order valence-electron chi connectivity index (χ3n) is 3.46. The van der Waals surface area contributed by atoms with E-state index in [1.807, 2.05) is 20.8 Å². The van der Waals surface area contributed by atoms with Crippen LogP contribution in [-0.4, -0.2) is 47.1 Å². The van der Waals surface area contributed by atoms with Gasteiger partial charge >= 0.3 is 5.97 Å². The molecule has 0 aliphatic carbocycles. The van der Waals surface area contributed by atoms with Gasteiger partial charge in [-0.2, -0.15) is 0 Å². The number of carbonyl (C=O) groups excluding carboxylic acids is 1. The van der Waals surface area contributed by atoms with E-state index in [0.717, 1.165) is 19.4 Å². The number of carboxylic acids is 1. The highest BCUT2D eigenvalue weighted by atomic mass is 16.4. The Kier molecular flexibility index (Phi) is 5.14. The topological polar surface area (TPSA) is 69.6 Å². The zero-order valence-corrected chi connectivity index (χ0v) is 11.5. The molecule has 1 saturated heterocycles. The van der Waals surface area contributed by atoms with Crippen LogP contribution in [0.15, 0.2) is 0 Å². The van der Waals surface area contributed by atoms with E-state index < -0.39 is 11.5 Å². The summed E-state index contributed by atoms with van der Waals surface area (Å²) < 4.78 is 0. The first-order valence-corrected chi connectivity index (χ1v) is 6.67. The second-order valence-corrected chi connectivity index (χ2v) is 5.44. The Labute approximate surface area is 109 Å². The minimum atomic E-state index is -0.951. The van der Waals surface area contributed by atoms with Crippen LogP contribution in [0.4, 0.5) is 0 Å². The number of nitrogens with one attached hydrogen (secondary N) is 1. The molecule has 18 heavy (non-hydrogen) atoms. The van der Waals surface area contributed by atoms with E-state index >= 15 is 0 Å². The van der Waals surface area contributed by atoms with E-state index in [4.69, 9.17) is 5.11 Å². The Balaban J connectivity index is 2.82. The highest BCUT2D eigenvalue weighted by molar-refractivity contribution is 5.89. The molecular weight excluding hydrogens is 232 g/mol. The van der Waals surface area contributed by atoms with Crippen LogP contribution in [-0.2, 0) is 9.59 Å². The normalized spacial score (nSPS) is 23.3. The monoisotopic (exact) mass is 256 g/mol. The lowest BCUT2D eigenvalue weighted by Gasteiger charge is -2.34. The largest absolute Gasteiger partial charge is 0.480 e. The number of aliphatic carboxylic acids is 1. The lowest BCUT2D eigenvalue weighted by atomic mass is 9.92. The van der Waals surface area contributed by atoms with Crippen molar-refractivity contribution in [2.24, 2.45) is 5.92 Å². The highest BCUT2D eigenvalue weighted by Gasteiger charge is 2.42. The number of hydrogen-bond donors (Lipinski definition) is 2. The summed E-state index contributed by atoms with van der Waals surface area (Å²) in [6.45, 7) is 7.08. The number of carbonyl (C=O) groups is 2. The van der Waals surface area contributed by atoms with E-state index in [2.05, 4.69) is 5.32 Å². The second-order valence-electron chi connectivity index (χ2n) is 5.44. The molecule has 0 saturated carbocycles. The first kappa shape index (κ1) is 15.0. The molecule has 1 unspecified atom stereocenters. The van der Waals surface area contributed by atoms with Gasteiger partial charge in [-0.05, 0) is 31.7 Å². The molecule has 0 aromatic heterocycles. The molecule has 1 heterocycles. The maximum Gasteiger partial charge on any atom is 0.323 e. The maximum atomic E-state index is 12.6. The maximum absolute atomic E-state index is 12.6. The number of hydrogen-bond acceptors (Lipinski definition) is 3. The van der Waals surface area contributed by atoms with E-state index in [0.29, 0.717) is 13.0 Å². The van der Waals surface area contributed by atoms with Crippen molar-refractivity contribution in [2.45, 2.75) is 45.6 Å². The zero-order chi connectivity index (χ0) is 13.8. The quantitative estimate of drug-likeness (QED) is 0.746. The van der Waals surface area contributed by atoms with Gasteiger partial charge in [-0.1, -0.05) is 20.8 Å². The van der Waals surface area contributed by atoms with Gasteiger partial charge in [-0.25, -0.2) is 0 Å². The Hall–Kier alpha value is -1.10. The third-order valence-corrected chi connectivity index (χ3v) is 3.46. The second kappa shape index (κ2) is 6.18. The number of amides is 1. The molecule has 0 bridgehead atoms. The highest BCUT2D eigenvalue weighted by Crippen LogP contribution is 2.25. The number of carboxylic acid groups (broad SMARTS) is 1. The van der Waals surface area contributed by atoms with Crippen LogP contribution < -0.4 is 5.32 Å². The lowest BCUT2D eigenvalue weighted by molar-refractivity contribution is -0.148. The smallest absolute Gasteiger partial charge is 0.323 e. The summed E-state index contributed by atoms with van der Waals surface area (Å²) >= 11 is 0. The summed E-state index contributed by atoms with van der Waals surface area (Å²) in [4.78, 5) is 24.9. The van der Waals surface area contributed by atoms with Crippen LogP contribution in [0.2, 0.25) is 0 Å². The van der Waals surface area contributed by atoms with Gasteiger partial charge in [0.15, 0.2) is 0 Å². The summed E-state index contributed by atoms with van der Waals surface area (Å²) in [5, 5.41) is 12.2. The van der Waals surface area contributed by atoms with Crippen molar-refractivity contribution < 1.29 is 14.7 Å². The molecule has 0 aromatic rings. The van der Waals surface area contributed by atoms with Gasteiger partial charge in [0.2, 0.25) is 5.91 Å². The molecule has 1 aliphatic heterocycles. The Bertz CT molecular complexity index is 309. The summed E-state index contributed by atoms with van der Waals surface area (Å²) in [5.74, 6) is -0.740. The predicted molar refractivity (Wildman–Crippen MR) is 69.3 cm³/mol. The van der Waals surface area contributed by atoms with E-state index in [1.54, 1.807) is 0 Å². The first-order valence-electron chi connectivity index (χ1n) is 6.67. The predicted octanol–water partition coefficient (Wildman–Crippen LogP) is 1.09. The standard InChI is InChI=1S/C13H24N2O3/c1-4-13(6-5-7-14-13)12(18)15(8-10(2)3)9-11(16)17/h10,14H,4-9H2,1-3H3,(H,16,17). The van der Waals surface area contributed by atoms with Crippen molar-refractivity contribution in [1.82, 2.24) is 10.2 Å². The Morgan fingerprint density at radius 1 is 1.44 bits per heavy atom. The van der Waals surface area contributed by atoms with Crippen LogP contribution >= 0.6 is 0 Å². The van der Waals surface area contributed by atoms with Crippen molar-refractivity contribution in [2.75, 3.05) is 19.6 Å². The van der Waals surface area contributed by atoms with Crippen LogP contribution in [0.3, 0.4) is 0 Å². The number of nitrogens with zero attached hydrogens (tertiary/aromatic N) is 1. The van der Waals surface area contributed by atoms with Gasteiger partial charge in [0, 0.05) is 6.54 Å². The average molecular weight is 256 g/mol. The molecule has 5 heteroatoms. The molecule has 1 rings (SSSR count). The molecule has 1 aliphatic rings. The molecule has 104 valence electrons. The van der Waals surface area contributed by atoms with Crippen molar-refractivity contribution in [1.29, 1.82) is 0 Å². The minimum Gasteiger partial charge on any atom is -0.480 e. The molecule has 1 amide bonds. The molecule has 5 nitrogen and oxygen atoms in total. The van der Waals surface area contributed by atoms with Crippen LogP contribution in [0.1, 0.15) is 40.0 Å². The van der Waals surface area contributed by atoms with Crippen LogP contribution in [0, 0.1) is 5.92 Å². The lowest BCUT2D eigenvalue weighted by Crippen LogP contribution is -2.56. The van der Waals surface area contributed by atoms with E-state index in [1.165, 1.54) is 4.90 Å². The van der Waals surface area contributed by atoms with Crippen LogP contribution in [0.5, 0.6) is 0 Å². The Morgan fingerprint density at radius 2 is 2.11 bits per heavy atom. The van der Waals surface area contributed by atoms with Gasteiger partial charge < -0.3 is 15.3 Å². The van der Waals surface area contributed by atoms with Gasteiger partial charge in [-0.15, -0.1) is 0 Å². The van der Waals surface area contributed by atoms with E-state index in [-0.39, 0.29) is 18.4 Å². The summed E-state index contributed by atoms with van der Waals surface area (Å²) in [7, 11) is 0. The number of rotatable bonds is 6. The zero-order valence-electron chi connectivity index (χ0n) is 11.5. The minimum absolute atomic E-state index is 0.0569. The molecular formula is C13H24N2O3. The van der Waals surface area contributed by atoms with Gasteiger partial charge in [-0.3, -0.25) is 9.59 Å². The molecule has 1 atom stereocenters. The molecule has 0 radical (unpaired) electrons. The average Bonchev–Trinajstić information content (AvgIpc) is 2.75. The summed E-state index contributed by atoms with van der Waals surface area (Å²) in [6.07, 6.45) is 2.48. The fourth-order valence-electron chi connectivity index (χ4n) is 2.57. The molecule has 0 aromatic carbocycles. The van der Waals surface area contributed by atoms with Gasteiger partial charge in [0.25, 0.3) is 0 Å². The van der Waals surface area contributed by atoms with Crippen LogP contribution in [0.25, 0.3) is 0 Å². The molecule has 0 spiro atoms. The van der Waals surface area contributed by atoms with Crippen molar-refractivity contribution in [3.05, 3.63) is 0 Å². The SMILES string of the molecule is CCC1(C(=O)N(CC(=O)O)CC(C)C)CCCN1. The van der Waals surface area contributed by atoms with Crippen molar-refractivity contribution >= 4 is 11.9 Å². The fourth-order valence-corrected chi connectivity index (χ4v) is 2.57. The molecule has 1 fully saturated rings. The van der Waals surface area contributed by atoms with Crippen molar-refractivity contribution in [3.8, 4) is 0 Å². The third kappa shape index (κ3) is 3.45. The van der Waals surface area contributed by atoms with Crippen molar-refractivity contribution in [3.63, 3.8) is 0 Å². The fraction of sp³-hybridized carbons (Fsp3) is 0.846.